The summed E-state index contributed by atoms with van der Waals surface area (Å²) in [6.45, 7) is 4.61. The van der Waals surface area contributed by atoms with Gasteiger partial charge in [-0.1, -0.05) is 26.7 Å². The first-order valence-corrected chi connectivity index (χ1v) is 7.57. The molecule has 1 nitrogen and oxygen atoms in total. The fraction of sp³-hybridized carbons (Fsp3) is 0.600. The molecule has 0 radical (unpaired) electrons. The van der Waals surface area contributed by atoms with Gasteiger partial charge in [-0.2, -0.15) is 0 Å². The van der Waals surface area contributed by atoms with E-state index in [0.29, 0.717) is 6.04 Å². The molecule has 0 bridgehead atoms. The van der Waals surface area contributed by atoms with Gasteiger partial charge in [-0.3, -0.25) is 0 Å². The summed E-state index contributed by atoms with van der Waals surface area (Å²) in [7, 11) is 0. The number of hydrogen-bond acceptors (Lipinski definition) is 1. The number of halogens is 2. The lowest BCUT2D eigenvalue weighted by Crippen LogP contribution is -2.29. The highest BCUT2D eigenvalue weighted by molar-refractivity contribution is 9.10. The second-order valence-corrected chi connectivity index (χ2v) is 6.49. The zero-order valence-electron chi connectivity index (χ0n) is 11.0. The third kappa shape index (κ3) is 3.47. The monoisotopic (exact) mass is 313 g/mol. The Morgan fingerprint density at radius 1 is 1.33 bits per heavy atom. The van der Waals surface area contributed by atoms with Crippen molar-refractivity contribution in [2.75, 3.05) is 5.32 Å². The molecule has 1 N–H and O–H groups in total. The van der Waals surface area contributed by atoms with Crippen LogP contribution in [0.2, 0.25) is 0 Å². The Balaban J connectivity index is 2.00. The van der Waals surface area contributed by atoms with Gasteiger partial charge in [-0.05, 0) is 58.8 Å². The lowest BCUT2D eigenvalue weighted by atomic mass is 9.79. The largest absolute Gasteiger partial charge is 0.381 e. The molecule has 1 fully saturated rings. The summed E-state index contributed by atoms with van der Waals surface area (Å²) >= 11 is 3.42. The highest BCUT2D eigenvalue weighted by atomic mass is 79.9. The lowest BCUT2D eigenvalue weighted by Gasteiger charge is -2.32. The van der Waals surface area contributed by atoms with Crippen molar-refractivity contribution in [3.05, 3.63) is 28.5 Å². The van der Waals surface area contributed by atoms with Crippen molar-refractivity contribution in [3.8, 4) is 0 Å². The Labute approximate surface area is 117 Å². The van der Waals surface area contributed by atoms with Crippen molar-refractivity contribution < 1.29 is 4.39 Å². The average molecular weight is 314 g/mol. The Hall–Kier alpha value is -0.570. The molecule has 2 atom stereocenters. The molecule has 1 saturated carbocycles. The van der Waals surface area contributed by atoms with Gasteiger partial charge in [-0.15, -0.1) is 0 Å². The van der Waals surface area contributed by atoms with Gasteiger partial charge in [-0.25, -0.2) is 4.39 Å². The normalized spacial score (nSPS) is 24.3. The Morgan fingerprint density at radius 2 is 2.11 bits per heavy atom. The standard InChI is InChI=1S/C15H21BrFN/c1-10(2)11-4-3-5-13(8-11)18-15-7-6-12(17)9-14(15)16/h6-7,9-11,13,18H,3-5,8H2,1-2H3. The maximum absolute atomic E-state index is 13.0. The van der Waals surface area contributed by atoms with Crippen LogP contribution in [0.4, 0.5) is 10.1 Å². The lowest BCUT2D eigenvalue weighted by molar-refractivity contribution is 0.264. The highest BCUT2D eigenvalue weighted by Crippen LogP contribution is 2.33. The zero-order chi connectivity index (χ0) is 13.1. The predicted molar refractivity (Wildman–Crippen MR) is 78.3 cm³/mol. The number of anilines is 1. The first-order chi connectivity index (χ1) is 8.56. The number of rotatable bonds is 3. The van der Waals surface area contributed by atoms with Crippen LogP contribution in [0.5, 0.6) is 0 Å². The fourth-order valence-corrected chi connectivity index (χ4v) is 3.26. The molecule has 2 unspecified atom stereocenters. The summed E-state index contributed by atoms with van der Waals surface area (Å²) in [6.07, 6.45) is 5.08. The maximum atomic E-state index is 13.0. The number of hydrogen-bond donors (Lipinski definition) is 1. The third-order valence-corrected chi connectivity index (χ3v) is 4.60. The summed E-state index contributed by atoms with van der Waals surface area (Å²) in [5.41, 5.74) is 1.01. The second kappa shape index (κ2) is 6.05. The van der Waals surface area contributed by atoms with E-state index in [1.54, 1.807) is 0 Å². The van der Waals surface area contributed by atoms with E-state index in [2.05, 4.69) is 35.1 Å². The van der Waals surface area contributed by atoms with E-state index in [9.17, 15) is 4.39 Å². The van der Waals surface area contributed by atoms with Crippen LogP contribution < -0.4 is 5.32 Å². The van der Waals surface area contributed by atoms with E-state index in [4.69, 9.17) is 0 Å². The van der Waals surface area contributed by atoms with Gasteiger partial charge in [0.2, 0.25) is 0 Å². The smallest absolute Gasteiger partial charge is 0.124 e. The van der Waals surface area contributed by atoms with Crippen LogP contribution in [-0.2, 0) is 0 Å². The molecule has 0 heterocycles. The second-order valence-electron chi connectivity index (χ2n) is 5.64. The van der Waals surface area contributed by atoms with Crippen molar-refractivity contribution >= 4 is 21.6 Å². The average Bonchev–Trinajstić information content (AvgIpc) is 2.33. The molecule has 18 heavy (non-hydrogen) atoms. The molecule has 0 aliphatic heterocycles. The topological polar surface area (TPSA) is 12.0 Å². The molecule has 0 saturated heterocycles. The summed E-state index contributed by atoms with van der Waals surface area (Å²) in [5, 5.41) is 3.55. The SMILES string of the molecule is CC(C)C1CCCC(Nc2ccc(F)cc2Br)C1. The summed E-state index contributed by atoms with van der Waals surface area (Å²) in [6, 6.07) is 5.37. The molecular weight excluding hydrogens is 293 g/mol. The van der Waals surface area contributed by atoms with Gasteiger partial charge in [0.25, 0.3) is 0 Å². The quantitative estimate of drug-likeness (QED) is 0.807. The molecule has 0 spiro atoms. The summed E-state index contributed by atoms with van der Waals surface area (Å²) in [5.74, 6) is 1.37. The van der Waals surface area contributed by atoms with Crippen molar-refractivity contribution in [1.29, 1.82) is 0 Å². The fourth-order valence-electron chi connectivity index (χ4n) is 2.79. The predicted octanol–water partition coefficient (Wildman–Crippen LogP) is 5.21. The summed E-state index contributed by atoms with van der Waals surface area (Å²) in [4.78, 5) is 0. The van der Waals surface area contributed by atoms with E-state index in [1.807, 2.05) is 6.07 Å². The Morgan fingerprint density at radius 3 is 2.78 bits per heavy atom. The highest BCUT2D eigenvalue weighted by Gasteiger charge is 2.24. The number of benzene rings is 1. The van der Waals surface area contributed by atoms with E-state index in [1.165, 1.54) is 37.8 Å². The van der Waals surface area contributed by atoms with E-state index in [-0.39, 0.29) is 5.82 Å². The first-order valence-electron chi connectivity index (χ1n) is 6.78. The van der Waals surface area contributed by atoms with Gasteiger partial charge in [0.05, 0.1) is 0 Å². The zero-order valence-corrected chi connectivity index (χ0v) is 12.6. The van der Waals surface area contributed by atoms with Crippen LogP contribution in [0.1, 0.15) is 39.5 Å². The third-order valence-electron chi connectivity index (χ3n) is 3.95. The molecule has 100 valence electrons. The molecule has 1 aromatic carbocycles. The maximum Gasteiger partial charge on any atom is 0.124 e. The van der Waals surface area contributed by atoms with Crippen LogP contribution in [0, 0.1) is 17.7 Å². The van der Waals surface area contributed by atoms with E-state index >= 15 is 0 Å². The minimum absolute atomic E-state index is 0.198. The summed E-state index contributed by atoms with van der Waals surface area (Å²) < 4.78 is 13.9. The Kier molecular flexibility index (Phi) is 4.66. The van der Waals surface area contributed by atoms with Crippen molar-refractivity contribution in [1.82, 2.24) is 0 Å². The van der Waals surface area contributed by atoms with Gasteiger partial charge in [0, 0.05) is 16.2 Å². The van der Waals surface area contributed by atoms with Crippen molar-refractivity contribution in [2.45, 2.75) is 45.6 Å². The van der Waals surface area contributed by atoms with Crippen LogP contribution in [0.15, 0.2) is 22.7 Å². The van der Waals surface area contributed by atoms with Crippen LogP contribution in [0.3, 0.4) is 0 Å². The Bertz CT molecular complexity index is 405. The van der Waals surface area contributed by atoms with Crippen molar-refractivity contribution in [2.24, 2.45) is 11.8 Å². The van der Waals surface area contributed by atoms with Crippen LogP contribution in [-0.4, -0.2) is 6.04 Å². The molecule has 0 aromatic heterocycles. The van der Waals surface area contributed by atoms with Gasteiger partial charge in [0.15, 0.2) is 0 Å². The molecule has 2 rings (SSSR count). The first kappa shape index (κ1) is 13.9. The van der Waals surface area contributed by atoms with Crippen LogP contribution in [0.25, 0.3) is 0 Å². The molecule has 1 aliphatic rings. The van der Waals surface area contributed by atoms with Gasteiger partial charge >= 0.3 is 0 Å². The molecule has 0 amide bonds. The minimum Gasteiger partial charge on any atom is -0.381 e. The van der Waals surface area contributed by atoms with Gasteiger partial charge in [0.1, 0.15) is 5.82 Å². The number of nitrogens with one attached hydrogen (secondary N) is 1. The molecule has 1 aliphatic carbocycles. The van der Waals surface area contributed by atoms with Crippen LogP contribution >= 0.6 is 15.9 Å². The van der Waals surface area contributed by atoms with E-state index < -0.39 is 0 Å². The van der Waals surface area contributed by atoms with Gasteiger partial charge < -0.3 is 5.32 Å². The minimum atomic E-state index is -0.198. The molecule has 1 aromatic rings. The molecular formula is C15H21BrFN. The molecule has 3 heteroatoms. The van der Waals surface area contributed by atoms with Crippen molar-refractivity contribution in [3.63, 3.8) is 0 Å². The van der Waals surface area contributed by atoms with E-state index in [0.717, 1.165) is 22.0 Å².